The Balaban J connectivity index is 1.51. The maximum absolute atomic E-state index is 12.9. The predicted octanol–water partition coefficient (Wildman–Crippen LogP) is 2.36. The lowest BCUT2D eigenvalue weighted by Gasteiger charge is -2.29. The number of amides is 2. The topological polar surface area (TPSA) is 49.9 Å². The highest BCUT2D eigenvalue weighted by molar-refractivity contribution is 5.99. The van der Waals surface area contributed by atoms with E-state index in [0.717, 1.165) is 6.42 Å². The van der Waals surface area contributed by atoms with Crippen LogP contribution in [0.3, 0.4) is 0 Å². The van der Waals surface area contributed by atoms with Gasteiger partial charge in [-0.05, 0) is 35.7 Å². The average Bonchev–Trinajstić information content (AvgIpc) is 2.73. The molecular formula is C21H22N2O3. The van der Waals surface area contributed by atoms with Crippen LogP contribution in [0.1, 0.15) is 31.8 Å². The molecule has 0 aliphatic carbocycles. The minimum atomic E-state index is -0.0352. The Kier molecular flexibility index (Phi) is 4.71. The molecule has 2 amide bonds. The molecule has 26 heavy (non-hydrogen) atoms. The summed E-state index contributed by atoms with van der Waals surface area (Å²) in [5.41, 5.74) is 3.65. The van der Waals surface area contributed by atoms with Crippen molar-refractivity contribution in [1.82, 2.24) is 9.80 Å². The molecule has 0 unspecified atom stereocenters. The summed E-state index contributed by atoms with van der Waals surface area (Å²) in [6, 6.07) is 15.3. The van der Waals surface area contributed by atoms with Crippen LogP contribution in [0.15, 0.2) is 48.5 Å². The van der Waals surface area contributed by atoms with E-state index in [1.807, 2.05) is 17.0 Å². The molecule has 0 radical (unpaired) electrons. The van der Waals surface area contributed by atoms with Gasteiger partial charge in [0.2, 0.25) is 0 Å². The molecule has 2 aliphatic rings. The minimum absolute atomic E-state index is 0.0175. The quantitative estimate of drug-likeness (QED) is 0.835. The van der Waals surface area contributed by atoms with Gasteiger partial charge in [-0.15, -0.1) is 0 Å². The van der Waals surface area contributed by atoms with Crippen LogP contribution < -0.4 is 0 Å². The number of ether oxygens (including phenoxy) is 1. The minimum Gasteiger partial charge on any atom is -0.378 e. The summed E-state index contributed by atoms with van der Waals surface area (Å²) in [6.07, 6.45) is 0.869. The normalized spacial score (nSPS) is 16.9. The molecule has 4 rings (SSSR count). The standard InChI is InChI=1S/C21H22N2O3/c24-20(22-10-12-26-13-11-22)17-6-3-7-18(14-17)21(25)23-9-8-16-4-1-2-5-19(16)15-23/h1-7,14H,8-13,15H2. The number of carbonyl (C=O) groups is 2. The maximum Gasteiger partial charge on any atom is 0.254 e. The zero-order chi connectivity index (χ0) is 17.9. The van der Waals surface area contributed by atoms with E-state index in [1.54, 1.807) is 29.2 Å². The van der Waals surface area contributed by atoms with Gasteiger partial charge in [0.25, 0.3) is 11.8 Å². The van der Waals surface area contributed by atoms with Gasteiger partial charge in [0.1, 0.15) is 0 Å². The summed E-state index contributed by atoms with van der Waals surface area (Å²) in [5, 5.41) is 0. The molecule has 1 fully saturated rings. The molecule has 2 aliphatic heterocycles. The zero-order valence-electron chi connectivity index (χ0n) is 14.7. The molecule has 5 nitrogen and oxygen atoms in total. The number of rotatable bonds is 2. The highest BCUT2D eigenvalue weighted by Crippen LogP contribution is 2.21. The van der Waals surface area contributed by atoms with E-state index in [2.05, 4.69) is 12.1 Å². The summed E-state index contributed by atoms with van der Waals surface area (Å²) in [7, 11) is 0. The van der Waals surface area contributed by atoms with Crippen molar-refractivity contribution in [2.45, 2.75) is 13.0 Å². The Morgan fingerprint density at radius 3 is 2.15 bits per heavy atom. The molecule has 0 aromatic heterocycles. The second-order valence-electron chi connectivity index (χ2n) is 6.73. The van der Waals surface area contributed by atoms with E-state index in [4.69, 9.17) is 4.74 Å². The van der Waals surface area contributed by atoms with Crippen LogP contribution in [0.5, 0.6) is 0 Å². The molecular weight excluding hydrogens is 328 g/mol. The van der Waals surface area contributed by atoms with E-state index in [-0.39, 0.29) is 11.8 Å². The first kappa shape index (κ1) is 16.8. The van der Waals surface area contributed by atoms with E-state index in [0.29, 0.717) is 50.5 Å². The maximum atomic E-state index is 12.9. The van der Waals surface area contributed by atoms with Crippen LogP contribution in [-0.4, -0.2) is 54.5 Å². The van der Waals surface area contributed by atoms with Gasteiger partial charge in [0.15, 0.2) is 0 Å². The van der Waals surface area contributed by atoms with E-state index >= 15 is 0 Å². The molecule has 0 saturated carbocycles. The van der Waals surface area contributed by atoms with Crippen molar-refractivity contribution >= 4 is 11.8 Å². The van der Waals surface area contributed by atoms with Crippen LogP contribution in [0, 0.1) is 0 Å². The van der Waals surface area contributed by atoms with Crippen LogP contribution >= 0.6 is 0 Å². The third-order valence-corrected chi connectivity index (χ3v) is 5.07. The Morgan fingerprint density at radius 1 is 0.769 bits per heavy atom. The van der Waals surface area contributed by atoms with E-state index < -0.39 is 0 Å². The Bertz CT molecular complexity index is 828. The largest absolute Gasteiger partial charge is 0.378 e. The summed E-state index contributed by atoms with van der Waals surface area (Å²) in [5.74, 6) is -0.0527. The predicted molar refractivity (Wildman–Crippen MR) is 98.1 cm³/mol. The Morgan fingerprint density at radius 2 is 1.42 bits per heavy atom. The SMILES string of the molecule is O=C(c1cccc(C(=O)N2CCc3ccccc3C2)c1)N1CCOCC1. The molecule has 134 valence electrons. The van der Waals surface area contributed by atoms with E-state index in [9.17, 15) is 9.59 Å². The fourth-order valence-corrected chi connectivity index (χ4v) is 3.59. The third kappa shape index (κ3) is 3.35. The highest BCUT2D eigenvalue weighted by Gasteiger charge is 2.23. The molecule has 0 N–H and O–H groups in total. The van der Waals surface area contributed by atoms with Crippen molar-refractivity contribution in [3.63, 3.8) is 0 Å². The first-order chi connectivity index (χ1) is 12.7. The summed E-state index contributed by atoms with van der Waals surface area (Å²) in [4.78, 5) is 29.2. The van der Waals surface area contributed by atoms with Crippen molar-refractivity contribution in [3.05, 3.63) is 70.8 Å². The first-order valence-electron chi connectivity index (χ1n) is 9.05. The summed E-state index contributed by atoms with van der Waals surface area (Å²) in [6.45, 7) is 3.66. The summed E-state index contributed by atoms with van der Waals surface area (Å²) < 4.78 is 5.30. The number of nitrogens with zero attached hydrogens (tertiary/aromatic N) is 2. The monoisotopic (exact) mass is 350 g/mol. The lowest BCUT2D eigenvalue weighted by molar-refractivity contribution is 0.0303. The molecule has 2 aromatic rings. The van der Waals surface area contributed by atoms with Gasteiger partial charge in [0, 0.05) is 37.3 Å². The molecule has 0 bridgehead atoms. The number of morpholine rings is 1. The van der Waals surface area contributed by atoms with Crippen molar-refractivity contribution in [2.24, 2.45) is 0 Å². The van der Waals surface area contributed by atoms with Crippen molar-refractivity contribution in [1.29, 1.82) is 0 Å². The lowest BCUT2D eigenvalue weighted by atomic mass is 9.99. The number of hydrogen-bond donors (Lipinski definition) is 0. The third-order valence-electron chi connectivity index (χ3n) is 5.07. The van der Waals surface area contributed by atoms with Gasteiger partial charge in [-0.3, -0.25) is 9.59 Å². The highest BCUT2D eigenvalue weighted by atomic mass is 16.5. The average molecular weight is 350 g/mol. The molecule has 1 saturated heterocycles. The number of hydrogen-bond acceptors (Lipinski definition) is 3. The molecule has 2 heterocycles. The Labute approximate surface area is 153 Å². The first-order valence-corrected chi connectivity index (χ1v) is 9.05. The van der Waals surface area contributed by atoms with Gasteiger partial charge < -0.3 is 14.5 Å². The van der Waals surface area contributed by atoms with Crippen LogP contribution in [0.2, 0.25) is 0 Å². The molecule has 5 heteroatoms. The van der Waals surface area contributed by atoms with Gasteiger partial charge in [-0.1, -0.05) is 30.3 Å². The second-order valence-corrected chi connectivity index (χ2v) is 6.73. The Hall–Kier alpha value is -2.66. The van der Waals surface area contributed by atoms with Crippen molar-refractivity contribution < 1.29 is 14.3 Å². The van der Waals surface area contributed by atoms with Gasteiger partial charge >= 0.3 is 0 Å². The lowest BCUT2D eigenvalue weighted by Crippen LogP contribution is -2.40. The van der Waals surface area contributed by atoms with Crippen molar-refractivity contribution in [3.8, 4) is 0 Å². The molecule has 2 aromatic carbocycles. The van der Waals surface area contributed by atoms with Crippen LogP contribution in [0.4, 0.5) is 0 Å². The van der Waals surface area contributed by atoms with Crippen LogP contribution in [-0.2, 0) is 17.7 Å². The number of carbonyl (C=O) groups excluding carboxylic acids is 2. The molecule has 0 spiro atoms. The van der Waals surface area contributed by atoms with E-state index in [1.165, 1.54) is 11.1 Å². The van der Waals surface area contributed by atoms with Crippen LogP contribution in [0.25, 0.3) is 0 Å². The summed E-state index contributed by atoms with van der Waals surface area (Å²) >= 11 is 0. The fourth-order valence-electron chi connectivity index (χ4n) is 3.59. The van der Waals surface area contributed by atoms with Gasteiger partial charge in [-0.2, -0.15) is 0 Å². The fraction of sp³-hybridized carbons (Fsp3) is 0.333. The zero-order valence-corrected chi connectivity index (χ0v) is 14.7. The second kappa shape index (κ2) is 7.30. The van der Waals surface area contributed by atoms with Gasteiger partial charge in [-0.25, -0.2) is 0 Å². The van der Waals surface area contributed by atoms with Crippen molar-refractivity contribution in [2.75, 3.05) is 32.8 Å². The number of fused-ring (bicyclic) bond motifs is 1. The smallest absolute Gasteiger partial charge is 0.254 e. The van der Waals surface area contributed by atoms with Gasteiger partial charge in [0.05, 0.1) is 13.2 Å². The number of benzene rings is 2. The molecule has 0 atom stereocenters.